The first kappa shape index (κ1) is 18.7. The van der Waals surface area contributed by atoms with E-state index in [2.05, 4.69) is 10.1 Å². The lowest BCUT2D eigenvalue weighted by atomic mass is 10.1. The number of aromatic nitrogens is 1. The fourth-order valence-electron chi connectivity index (χ4n) is 2.53. The molecule has 6 nitrogen and oxygen atoms in total. The van der Waals surface area contributed by atoms with Crippen LogP contribution in [0.15, 0.2) is 51.9 Å². The van der Waals surface area contributed by atoms with Crippen molar-refractivity contribution in [3.63, 3.8) is 0 Å². The maximum Gasteiger partial charge on any atom is 0.205 e. The molecule has 8 heteroatoms. The Morgan fingerprint density at radius 1 is 1.15 bits per heavy atom. The summed E-state index contributed by atoms with van der Waals surface area (Å²) in [6.45, 7) is 0. The topological polar surface area (TPSA) is 68.3 Å². The number of benzene rings is 2. The molecule has 1 aromatic heterocycles. The molecule has 27 heavy (non-hydrogen) atoms. The molecule has 0 amide bonds. The Labute approximate surface area is 159 Å². The largest absolute Gasteiger partial charge is 0.502 e. The average molecular weight is 387 g/mol. The van der Waals surface area contributed by atoms with E-state index >= 15 is 0 Å². The van der Waals surface area contributed by atoms with Crippen molar-refractivity contribution in [3.8, 4) is 28.5 Å². The minimum atomic E-state index is -0.338. The van der Waals surface area contributed by atoms with Gasteiger partial charge in [0.2, 0.25) is 10.6 Å². The number of ether oxygens (including phenoxy) is 2. The molecule has 2 aromatic carbocycles. The summed E-state index contributed by atoms with van der Waals surface area (Å²) in [6.07, 6.45) is 1.57. The quantitative estimate of drug-likeness (QED) is 0.682. The van der Waals surface area contributed by atoms with Gasteiger partial charge in [-0.05, 0) is 24.3 Å². The van der Waals surface area contributed by atoms with Crippen LogP contribution in [-0.4, -0.2) is 37.3 Å². The van der Waals surface area contributed by atoms with Crippen LogP contribution in [-0.2, 0) is 0 Å². The molecule has 140 valence electrons. The molecule has 0 saturated heterocycles. The lowest BCUT2D eigenvalue weighted by molar-refractivity contribution is 0.340. The highest BCUT2D eigenvalue weighted by Gasteiger charge is 2.12. The number of thiazole rings is 1. The normalized spacial score (nSPS) is 11.9. The lowest BCUT2D eigenvalue weighted by Crippen LogP contribution is -2.12. The van der Waals surface area contributed by atoms with Gasteiger partial charge in [-0.25, -0.2) is 9.07 Å². The third-order valence-corrected chi connectivity index (χ3v) is 4.76. The van der Waals surface area contributed by atoms with Gasteiger partial charge in [-0.15, -0.1) is 11.3 Å². The summed E-state index contributed by atoms with van der Waals surface area (Å²) < 4.78 is 26.1. The Bertz CT molecular complexity index is 1030. The summed E-state index contributed by atoms with van der Waals surface area (Å²) in [5.74, 6) is 0.105. The maximum absolute atomic E-state index is 14.2. The second kappa shape index (κ2) is 8.05. The highest BCUT2D eigenvalue weighted by Crippen LogP contribution is 2.36. The van der Waals surface area contributed by atoms with Gasteiger partial charge in [0.15, 0.2) is 11.5 Å². The summed E-state index contributed by atoms with van der Waals surface area (Å²) in [6, 6.07) is 9.75. The standard InChI is InChI=1S/C19H18FN3O3S/c1-21-19-23(15(11-27-19)13-6-4-5-7-14(13)20)22-10-12-8-16(25-2)18(24)17(9-12)26-3/h4-11,24H,1-3H3. The van der Waals surface area contributed by atoms with Gasteiger partial charge in [0.05, 0.1) is 26.1 Å². The molecule has 1 N–H and O–H groups in total. The fraction of sp³-hybridized carbons (Fsp3) is 0.158. The van der Waals surface area contributed by atoms with E-state index in [9.17, 15) is 9.50 Å². The average Bonchev–Trinajstić information content (AvgIpc) is 3.10. The molecule has 0 aliphatic heterocycles. The SMILES string of the molecule is CN=c1scc(-c2ccccc2F)n1N=Cc1cc(OC)c(O)c(OC)c1. The summed E-state index contributed by atoms with van der Waals surface area (Å²) in [7, 11) is 4.55. The van der Waals surface area contributed by atoms with Crippen LogP contribution in [0.4, 0.5) is 4.39 Å². The zero-order chi connectivity index (χ0) is 19.4. The second-order valence-electron chi connectivity index (χ2n) is 5.44. The number of rotatable bonds is 5. The molecule has 3 rings (SSSR count). The smallest absolute Gasteiger partial charge is 0.205 e. The molecule has 0 radical (unpaired) electrons. The van der Waals surface area contributed by atoms with E-state index in [1.165, 1.54) is 31.6 Å². The van der Waals surface area contributed by atoms with E-state index in [-0.39, 0.29) is 23.1 Å². The minimum Gasteiger partial charge on any atom is -0.502 e. The van der Waals surface area contributed by atoms with Gasteiger partial charge in [0.25, 0.3) is 0 Å². The Hall–Kier alpha value is -3.13. The third-order valence-electron chi connectivity index (χ3n) is 3.85. The van der Waals surface area contributed by atoms with E-state index in [0.717, 1.165) is 0 Å². The van der Waals surface area contributed by atoms with Crippen molar-refractivity contribution in [2.24, 2.45) is 10.1 Å². The minimum absolute atomic E-state index is 0.0865. The number of methoxy groups -OCH3 is 2. The Morgan fingerprint density at radius 2 is 1.81 bits per heavy atom. The van der Waals surface area contributed by atoms with E-state index in [0.29, 0.717) is 21.6 Å². The molecule has 0 aliphatic rings. The van der Waals surface area contributed by atoms with Gasteiger partial charge in [-0.2, -0.15) is 5.10 Å². The summed E-state index contributed by atoms with van der Waals surface area (Å²) in [4.78, 5) is 4.81. The van der Waals surface area contributed by atoms with E-state index in [4.69, 9.17) is 9.47 Å². The van der Waals surface area contributed by atoms with Crippen LogP contribution in [0, 0.1) is 5.82 Å². The number of phenolic OH excluding ortho intramolecular Hbond substituents is 1. The zero-order valence-electron chi connectivity index (χ0n) is 15.0. The van der Waals surface area contributed by atoms with Crippen LogP contribution in [0.25, 0.3) is 11.3 Å². The number of phenols is 1. The van der Waals surface area contributed by atoms with Crippen LogP contribution >= 0.6 is 11.3 Å². The van der Waals surface area contributed by atoms with Gasteiger partial charge < -0.3 is 14.6 Å². The van der Waals surface area contributed by atoms with Gasteiger partial charge in [-0.1, -0.05) is 12.1 Å². The van der Waals surface area contributed by atoms with Crippen molar-refractivity contribution < 1.29 is 19.0 Å². The first-order chi connectivity index (χ1) is 13.1. The second-order valence-corrected chi connectivity index (χ2v) is 6.27. The molecule has 0 unspecified atom stereocenters. The predicted molar refractivity (Wildman–Crippen MR) is 103 cm³/mol. The molecule has 3 aromatic rings. The lowest BCUT2D eigenvalue weighted by Gasteiger charge is -2.09. The number of hydrogen-bond acceptors (Lipinski definition) is 6. The fourth-order valence-corrected chi connectivity index (χ4v) is 3.32. The van der Waals surface area contributed by atoms with Gasteiger partial charge >= 0.3 is 0 Å². The molecule has 0 fully saturated rings. The Kier molecular flexibility index (Phi) is 5.56. The highest BCUT2D eigenvalue weighted by atomic mass is 32.1. The van der Waals surface area contributed by atoms with E-state index in [1.807, 2.05) is 0 Å². The Morgan fingerprint density at radius 3 is 2.41 bits per heavy atom. The van der Waals surface area contributed by atoms with Crippen molar-refractivity contribution >= 4 is 17.6 Å². The first-order valence-corrected chi connectivity index (χ1v) is 8.84. The third kappa shape index (κ3) is 3.70. The number of aromatic hydroxyl groups is 1. The maximum atomic E-state index is 14.2. The summed E-state index contributed by atoms with van der Waals surface area (Å²) in [5.41, 5.74) is 1.66. The molecule has 0 saturated carbocycles. The zero-order valence-corrected chi connectivity index (χ0v) is 15.8. The Balaban J connectivity index is 2.09. The van der Waals surface area contributed by atoms with Crippen molar-refractivity contribution in [3.05, 3.63) is 58.0 Å². The van der Waals surface area contributed by atoms with Gasteiger partial charge in [-0.3, -0.25) is 4.99 Å². The number of hydrogen-bond donors (Lipinski definition) is 1. The van der Waals surface area contributed by atoms with E-state index < -0.39 is 0 Å². The van der Waals surface area contributed by atoms with Gasteiger partial charge in [0.1, 0.15) is 5.82 Å². The molecule has 1 heterocycles. The van der Waals surface area contributed by atoms with Crippen molar-refractivity contribution in [2.45, 2.75) is 0 Å². The molecular weight excluding hydrogens is 369 g/mol. The summed E-state index contributed by atoms with van der Waals surface area (Å²) >= 11 is 1.36. The number of nitrogens with zero attached hydrogens (tertiary/aromatic N) is 3. The molecule has 0 aliphatic carbocycles. The molecular formula is C19H18FN3O3S. The highest BCUT2D eigenvalue weighted by molar-refractivity contribution is 7.07. The van der Waals surface area contributed by atoms with E-state index in [1.54, 1.807) is 53.7 Å². The monoisotopic (exact) mass is 387 g/mol. The van der Waals surface area contributed by atoms with Crippen LogP contribution in [0.2, 0.25) is 0 Å². The van der Waals surface area contributed by atoms with Crippen LogP contribution in [0.5, 0.6) is 17.2 Å². The van der Waals surface area contributed by atoms with Crippen molar-refractivity contribution in [2.75, 3.05) is 21.3 Å². The number of halogens is 1. The molecule has 0 bridgehead atoms. The first-order valence-electron chi connectivity index (χ1n) is 7.96. The molecule has 0 spiro atoms. The molecule has 0 atom stereocenters. The van der Waals surface area contributed by atoms with Crippen LogP contribution in [0.3, 0.4) is 0 Å². The van der Waals surface area contributed by atoms with Crippen molar-refractivity contribution in [1.29, 1.82) is 0 Å². The van der Waals surface area contributed by atoms with Crippen LogP contribution in [0.1, 0.15) is 5.56 Å². The predicted octanol–water partition coefficient (Wildman–Crippen LogP) is 3.49. The van der Waals surface area contributed by atoms with Crippen LogP contribution < -0.4 is 14.3 Å². The van der Waals surface area contributed by atoms with Gasteiger partial charge in [0, 0.05) is 23.6 Å². The summed E-state index contributed by atoms with van der Waals surface area (Å²) in [5, 5.41) is 16.3. The van der Waals surface area contributed by atoms with Crippen molar-refractivity contribution in [1.82, 2.24) is 4.68 Å².